The van der Waals surface area contributed by atoms with E-state index in [4.69, 9.17) is 11.6 Å². The van der Waals surface area contributed by atoms with E-state index in [1.165, 1.54) is 15.4 Å². The van der Waals surface area contributed by atoms with Gasteiger partial charge in [-0.2, -0.15) is 10.2 Å². The van der Waals surface area contributed by atoms with Gasteiger partial charge in [-0.25, -0.2) is 4.79 Å². The minimum absolute atomic E-state index is 0.158. The van der Waals surface area contributed by atoms with E-state index in [0.717, 1.165) is 0 Å². The second-order valence-corrected chi connectivity index (χ2v) is 6.07. The third-order valence-corrected chi connectivity index (χ3v) is 3.68. The Morgan fingerprint density at radius 3 is 1.93 bits per heavy atom. The van der Waals surface area contributed by atoms with E-state index in [-0.39, 0.29) is 31.1 Å². The molecule has 158 valence electrons. The molecule has 0 aliphatic heterocycles. The molecule has 0 saturated heterocycles. The van der Waals surface area contributed by atoms with E-state index >= 15 is 0 Å². The van der Waals surface area contributed by atoms with Gasteiger partial charge in [-0.1, -0.05) is 0 Å². The molecule has 1 unspecified atom stereocenters. The highest BCUT2D eigenvalue weighted by atomic mass is 35.5. The zero-order valence-electron chi connectivity index (χ0n) is 16.6. The van der Waals surface area contributed by atoms with Gasteiger partial charge in [0.05, 0.1) is 13.2 Å². The van der Waals surface area contributed by atoms with E-state index in [9.17, 15) is 19.2 Å². The second kappa shape index (κ2) is 11.7. The number of aryl methyl sites for hydroxylation is 2. The molecule has 2 heterocycles. The largest absolute Gasteiger partial charge is 0.466 e. The average Bonchev–Trinajstić information content (AvgIpc) is 3.30. The Bertz CT molecular complexity index is 860. The van der Waals surface area contributed by atoms with Gasteiger partial charge in [0.1, 0.15) is 17.8 Å². The molecule has 2 rings (SSSR count). The highest BCUT2D eigenvalue weighted by Crippen LogP contribution is 2.08. The molecule has 0 aliphatic carbocycles. The number of alkyl halides is 1. The summed E-state index contributed by atoms with van der Waals surface area (Å²) >= 11 is 5.63. The lowest BCUT2D eigenvalue weighted by atomic mass is 10.2. The fraction of sp³-hybridized carbons (Fsp3) is 0.444. The SMILES string of the molecule is CCOC(=O)C(Cl)C(=O)c1ccn(C)n1.CCOC(=O)CC(=O)c1ccn(C)n1. The smallest absolute Gasteiger partial charge is 0.332 e. The number of Topliss-reactive ketones (excluding diaryl/α,β-unsaturated/α-hetero) is 2. The first-order valence-corrected chi connectivity index (χ1v) is 9.16. The molecule has 0 fully saturated rings. The quantitative estimate of drug-likeness (QED) is 0.268. The van der Waals surface area contributed by atoms with Crippen LogP contribution in [0.15, 0.2) is 24.5 Å². The maximum atomic E-state index is 11.6. The third-order valence-electron chi connectivity index (χ3n) is 3.30. The molecule has 0 radical (unpaired) electrons. The number of aromatic nitrogens is 4. The zero-order chi connectivity index (χ0) is 22.0. The van der Waals surface area contributed by atoms with Crippen LogP contribution < -0.4 is 0 Å². The fourth-order valence-electron chi connectivity index (χ4n) is 2.00. The summed E-state index contributed by atoms with van der Waals surface area (Å²) in [7, 11) is 3.38. The van der Waals surface area contributed by atoms with Crippen LogP contribution in [0.25, 0.3) is 0 Å². The Hall–Kier alpha value is -3.01. The normalized spacial score (nSPS) is 11.1. The predicted molar refractivity (Wildman–Crippen MR) is 103 cm³/mol. The van der Waals surface area contributed by atoms with Crippen LogP contribution in [0, 0.1) is 0 Å². The van der Waals surface area contributed by atoms with Crippen LogP contribution in [0.4, 0.5) is 0 Å². The molecule has 0 aromatic carbocycles. The first-order chi connectivity index (χ1) is 13.7. The van der Waals surface area contributed by atoms with Crippen molar-refractivity contribution in [2.24, 2.45) is 14.1 Å². The highest BCUT2D eigenvalue weighted by Gasteiger charge is 2.27. The van der Waals surface area contributed by atoms with Crippen molar-refractivity contribution in [1.29, 1.82) is 0 Å². The number of carbonyl (C=O) groups excluding carboxylic acids is 4. The number of ketones is 2. The van der Waals surface area contributed by atoms with Gasteiger partial charge in [-0.05, 0) is 26.0 Å². The maximum absolute atomic E-state index is 11.6. The van der Waals surface area contributed by atoms with E-state index in [1.807, 2.05) is 0 Å². The molecular formula is C18H23ClN4O6. The summed E-state index contributed by atoms with van der Waals surface area (Å²) < 4.78 is 12.2. The van der Waals surface area contributed by atoms with Gasteiger partial charge in [0.15, 0.2) is 11.2 Å². The molecule has 2 aromatic heterocycles. The monoisotopic (exact) mass is 426 g/mol. The summed E-state index contributed by atoms with van der Waals surface area (Å²) in [6.07, 6.45) is 3.01. The summed E-state index contributed by atoms with van der Waals surface area (Å²) in [4.78, 5) is 45.0. The zero-order valence-corrected chi connectivity index (χ0v) is 17.4. The van der Waals surface area contributed by atoms with Gasteiger partial charge in [0.25, 0.3) is 0 Å². The van der Waals surface area contributed by atoms with E-state index < -0.39 is 23.1 Å². The number of rotatable bonds is 8. The number of ether oxygens (including phenoxy) is 2. The van der Waals surface area contributed by atoms with Crippen molar-refractivity contribution in [2.75, 3.05) is 13.2 Å². The Balaban J connectivity index is 0.000000291. The summed E-state index contributed by atoms with van der Waals surface area (Å²) in [6.45, 7) is 3.82. The molecule has 0 N–H and O–H groups in total. The lowest BCUT2D eigenvalue weighted by Gasteiger charge is -2.05. The Morgan fingerprint density at radius 1 is 0.966 bits per heavy atom. The Morgan fingerprint density at radius 2 is 1.48 bits per heavy atom. The number of nitrogens with zero attached hydrogens (tertiary/aromatic N) is 4. The van der Waals surface area contributed by atoms with Crippen molar-refractivity contribution in [3.8, 4) is 0 Å². The molecule has 29 heavy (non-hydrogen) atoms. The Labute approximate surface area is 172 Å². The standard InChI is InChI=1S/C9H11ClN2O3.C9H12N2O3/c1-3-15-9(14)7(10)8(13)6-4-5-12(2)11-6;1-3-14-9(13)6-8(12)7-4-5-11(2)10-7/h4-5,7H,3H2,1-2H3;4-5H,3,6H2,1-2H3. The second-order valence-electron chi connectivity index (χ2n) is 5.63. The molecule has 1 atom stereocenters. The van der Waals surface area contributed by atoms with Crippen LogP contribution in [0.5, 0.6) is 0 Å². The molecule has 0 spiro atoms. The van der Waals surface area contributed by atoms with Gasteiger partial charge in [0.2, 0.25) is 5.78 Å². The summed E-state index contributed by atoms with van der Waals surface area (Å²) in [5.74, 6) is -2.11. The van der Waals surface area contributed by atoms with Crippen molar-refractivity contribution >= 4 is 35.1 Å². The fourth-order valence-corrected chi connectivity index (χ4v) is 2.17. The van der Waals surface area contributed by atoms with Crippen LogP contribution in [0.1, 0.15) is 41.2 Å². The highest BCUT2D eigenvalue weighted by molar-refractivity contribution is 6.43. The first-order valence-electron chi connectivity index (χ1n) is 8.72. The van der Waals surface area contributed by atoms with E-state index in [0.29, 0.717) is 5.69 Å². The topological polar surface area (TPSA) is 122 Å². The minimum Gasteiger partial charge on any atom is -0.466 e. The lowest BCUT2D eigenvalue weighted by molar-refractivity contribution is -0.142. The van der Waals surface area contributed by atoms with Gasteiger partial charge in [0, 0.05) is 26.5 Å². The maximum Gasteiger partial charge on any atom is 0.332 e. The number of hydrogen-bond donors (Lipinski definition) is 0. The minimum atomic E-state index is -1.32. The summed E-state index contributed by atoms with van der Waals surface area (Å²) in [5.41, 5.74) is 0.450. The van der Waals surface area contributed by atoms with Crippen LogP contribution in [0.3, 0.4) is 0 Å². The van der Waals surface area contributed by atoms with E-state index in [1.54, 1.807) is 46.4 Å². The molecule has 11 heteroatoms. The predicted octanol–water partition coefficient (Wildman–Crippen LogP) is 1.33. The Kier molecular flexibility index (Phi) is 9.73. The molecule has 2 aromatic rings. The molecule has 0 amide bonds. The number of carbonyl (C=O) groups is 4. The van der Waals surface area contributed by atoms with E-state index in [2.05, 4.69) is 19.7 Å². The molecular weight excluding hydrogens is 404 g/mol. The first kappa shape index (κ1) is 24.0. The van der Waals surface area contributed by atoms with Gasteiger partial charge < -0.3 is 9.47 Å². The summed E-state index contributed by atoms with van der Waals surface area (Å²) in [6, 6.07) is 3.07. The van der Waals surface area contributed by atoms with Crippen molar-refractivity contribution in [2.45, 2.75) is 25.6 Å². The van der Waals surface area contributed by atoms with Crippen molar-refractivity contribution in [3.05, 3.63) is 35.9 Å². The van der Waals surface area contributed by atoms with Crippen LogP contribution in [0.2, 0.25) is 0 Å². The molecule has 0 saturated carbocycles. The van der Waals surface area contributed by atoms with Crippen LogP contribution >= 0.6 is 11.6 Å². The number of esters is 2. The van der Waals surface area contributed by atoms with Crippen molar-refractivity contribution in [1.82, 2.24) is 19.6 Å². The van der Waals surface area contributed by atoms with Crippen molar-refractivity contribution in [3.63, 3.8) is 0 Å². The molecule has 0 aliphatic rings. The van der Waals surface area contributed by atoms with Crippen LogP contribution in [-0.2, 0) is 33.2 Å². The number of halogens is 1. The van der Waals surface area contributed by atoms with Gasteiger partial charge in [-0.3, -0.25) is 23.7 Å². The average molecular weight is 427 g/mol. The van der Waals surface area contributed by atoms with Gasteiger partial charge >= 0.3 is 11.9 Å². The number of hydrogen-bond acceptors (Lipinski definition) is 8. The third kappa shape index (κ3) is 7.86. The van der Waals surface area contributed by atoms with Gasteiger partial charge in [-0.15, -0.1) is 11.6 Å². The summed E-state index contributed by atoms with van der Waals surface area (Å²) in [5, 5.41) is 6.41. The van der Waals surface area contributed by atoms with Crippen molar-refractivity contribution < 1.29 is 28.7 Å². The molecule has 0 bridgehead atoms. The lowest BCUT2D eigenvalue weighted by Crippen LogP contribution is -2.27. The molecule has 10 nitrogen and oxygen atoms in total. The van der Waals surface area contributed by atoms with Crippen LogP contribution in [-0.4, -0.2) is 61.7 Å².